The van der Waals surface area contributed by atoms with Crippen LogP contribution in [0, 0.1) is 5.92 Å². The molecule has 1 aromatic heterocycles. The lowest BCUT2D eigenvalue weighted by Crippen LogP contribution is -2.36. The molecule has 1 fully saturated rings. The fraction of sp³-hybridized carbons (Fsp3) is 0.615. The molecule has 82 valence electrons. The van der Waals surface area contributed by atoms with Gasteiger partial charge in [0.05, 0.1) is 5.69 Å². The summed E-state index contributed by atoms with van der Waals surface area (Å²) in [6.45, 7) is 3.27. The second-order valence-corrected chi connectivity index (χ2v) is 4.57. The van der Waals surface area contributed by atoms with E-state index < -0.39 is 0 Å². The second kappa shape index (κ2) is 5.26. The number of nitrogens with one attached hydrogen (secondary N) is 1. The third kappa shape index (κ3) is 3.03. The molecular formula is C13H20N2. The summed E-state index contributed by atoms with van der Waals surface area (Å²) < 4.78 is 0. The number of aromatic nitrogens is 1. The number of pyridine rings is 1. The van der Waals surface area contributed by atoms with E-state index in [9.17, 15) is 0 Å². The maximum absolute atomic E-state index is 4.33. The van der Waals surface area contributed by atoms with E-state index in [1.165, 1.54) is 25.7 Å². The zero-order valence-corrected chi connectivity index (χ0v) is 9.45. The molecule has 1 aromatic rings. The first-order chi connectivity index (χ1) is 7.36. The molecule has 0 aliphatic heterocycles. The van der Waals surface area contributed by atoms with Crippen molar-refractivity contribution in [2.24, 2.45) is 5.92 Å². The van der Waals surface area contributed by atoms with Gasteiger partial charge < -0.3 is 5.32 Å². The van der Waals surface area contributed by atoms with Gasteiger partial charge in [0.2, 0.25) is 0 Å². The van der Waals surface area contributed by atoms with E-state index in [4.69, 9.17) is 0 Å². The fourth-order valence-electron chi connectivity index (χ4n) is 2.36. The highest BCUT2D eigenvalue weighted by Crippen LogP contribution is 2.23. The fourth-order valence-corrected chi connectivity index (χ4v) is 2.36. The first-order valence-corrected chi connectivity index (χ1v) is 5.99. The van der Waals surface area contributed by atoms with Crippen LogP contribution in [0.5, 0.6) is 0 Å². The van der Waals surface area contributed by atoms with E-state index in [0.29, 0.717) is 6.04 Å². The molecule has 1 aliphatic carbocycles. The topological polar surface area (TPSA) is 24.9 Å². The molecule has 2 heteroatoms. The Bertz CT molecular complexity index is 284. The summed E-state index contributed by atoms with van der Waals surface area (Å²) in [6.07, 6.45) is 7.35. The van der Waals surface area contributed by atoms with E-state index in [-0.39, 0.29) is 0 Å². The highest BCUT2D eigenvalue weighted by molar-refractivity contribution is 5.03. The molecule has 1 aliphatic rings. The Balaban J connectivity index is 1.82. The number of hydrogen-bond donors (Lipinski definition) is 1. The monoisotopic (exact) mass is 204 g/mol. The summed E-state index contributed by atoms with van der Waals surface area (Å²) in [7, 11) is 0. The van der Waals surface area contributed by atoms with Crippen molar-refractivity contribution in [1.29, 1.82) is 0 Å². The van der Waals surface area contributed by atoms with Crippen LogP contribution in [0.3, 0.4) is 0 Å². The average Bonchev–Trinajstić information content (AvgIpc) is 2.29. The standard InChI is InChI=1S/C13H20N2/c1-11-6-2-3-8-13(11)15-10-12-7-4-5-9-14-12/h4-5,7,9,11,13,15H,2-3,6,8,10H2,1H3/t11-,13+/m1/s1. The van der Waals surface area contributed by atoms with Gasteiger partial charge in [-0.15, -0.1) is 0 Å². The van der Waals surface area contributed by atoms with Gasteiger partial charge in [0.1, 0.15) is 0 Å². The minimum atomic E-state index is 0.695. The van der Waals surface area contributed by atoms with Crippen LogP contribution >= 0.6 is 0 Å². The van der Waals surface area contributed by atoms with Gasteiger partial charge in [-0.25, -0.2) is 0 Å². The van der Waals surface area contributed by atoms with Gasteiger partial charge in [-0.2, -0.15) is 0 Å². The van der Waals surface area contributed by atoms with Crippen molar-refractivity contribution in [3.05, 3.63) is 30.1 Å². The van der Waals surface area contributed by atoms with Crippen LogP contribution in [0.4, 0.5) is 0 Å². The third-order valence-corrected chi connectivity index (χ3v) is 3.38. The lowest BCUT2D eigenvalue weighted by Gasteiger charge is -2.29. The van der Waals surface area contributed by atoms with Gasteiger partial charge in [-0.05, 0) is 30.9 Å². The molecule has 0 amide bonds. The van der Waals surface area contributed by atoms with Crippen molar-refractivity contribution >= 4 is 0 Å². The van der Waals surface area contributed by atoms with Crippen LogP contribution in [0.15, 0.2) is 24.4 Å². The van der Waals surface area contributed by atoms with Crippen LogP contribution in [-0.2, 0) is 6.54 Å². The summed E-state index contributed by atoms with van der Waals surface area (Å²) in [5.41, 5.74) is 1.15. The zero-order chi connectivity index (χ0) is 10.5. The molecule has 0 spiro atoms. The number of hydrogen-bond acceptors (Lipinski definition) is 2. The molecule has 15 heavy (non-hydrogen) atoms. The minimum absolute atomic E-state index is 0.695. The molecule has 1 heterocycles. The van der Waals surface area contributed by atoms with E-state index in [1.807, 2.05) is 18.3 Å². The Morgan fingerprint density at radius 3 is 2.93 bits per heavy atom. The lowest BCUT2D eigenvalue weighted by atomic mass is 9.86. The van der Waals surface area contributed by atoms with Crippen molar-refractivity contribution in [2.45, 2.75) is 45.2 Å². The summed E-state index contributed by atoms with van der Waals surface area (Å²) in [6, 6.07) is 6.79. The maximum Gasteiger partial charge on any atom is 0.0541 e. The largest absolute Gasteiger partial charge is 0.308 e. The van der Waals surface area contributed by atoms with Gasteiger partial charge in [0.15, 0.2) is 0 Å². The van der Waals surface area contributed by atoms with E-state index >= 15 is 0 Å². The maximum atomic E-state index is 4.33. The molecule has 2 rings (SSSR count). The summed E-state index contributed by atoms with van der Waals surface area (Å²) in [5.74, 6) is 0.822. The highest BCUT2D eigenvalue weighted by Gasteiger charge is 2.20. The number of rotatable bonds is 3. The molecule has 0 aromatic carbocycles. The first kappa shape index (κ1) is 10.6. The molecule has 2 atom stereocenters. The summed E-state index contributed by atoms with van der Waals surface area (Å²) in [5, 5.41) is 3.63. The molecular weight excluding hydrogens is 184 g/mol. The lowest BCUT2D eigenvalue weighted by molar-refractivity contribution is 0.278. The second-order valence-electron chi connectivity index (χ2n) is 4.57. The SMILES string of the molecule is C[C@@H]1CCCC[C@@H]1NCc1ccccn1. The molecule has 0 unspecified atom stereocenters. The van der Waals surface area contributed by atoms with Gasteiger partial charge >= 0.3 is 0 Å². The molecule has 1 N–H and O–H groups in total. The van der Waals surface area contributed by atoms with E-state index in [1.54, 1.807) is 0 Å². The molecule has 0 saturated heterocycles. The molecule has 1 saturated carbocycles. The molecule has 0 bridgehead atoms. The predicted molar refractivity (Wildman–Crippen MR) is 62.5 cm³/mol. The van der Waals surface area contributed by atoms with Crippen LogP contribution in [0.1, 0.15) is 38.3 Å². The van der Waals surface area contributed by atoms with Crippen molar-refractivity contribution in [1.82, 2.24) is 10.3 Å². The summed E-state index contributed by atoms with van der Waals surface area (Å²) >= 11 is 0. The van der Waals surface area contributed by atoms with Crippen molar-refractivity contribution in [2.75, 3.05) is 0 Å². The first-order valence-electron chi connectivity index (χ1n) is 5.99. The summed E-state index contributed by atoms with van der Waals surface area (Å²) in [4.78, 5) is 4.33. The Kier molecular flexibility index (Phi) is 3.73. The average molecular weight is 204 g/mol. The normalized spacial score (nSPS) is 26.5. The van der Waals surface area contributed by atoms with Crippen molar-refractivity contribution in [3.63, 3.8) is 0 Å². The van der Waals surface area contributed by atoms with Gasteiger partial charge in [-0.1, -0.05) is 25.8 Å². The Morgan fingerprint density at radius 2 is 2.20 bits per heavy atom. The highest BCUT2D eigenvalue weighted by atomic mass is 14.9. The van der Waals surface area contributed by atoms with Crippen LogP contribution in [0.2, 0.25) is 0 Å². The van der Waals surface area contributed by atoms with Gasteiger partial charge in [0.25, 0.3) is 0 Å². The van der Waals surface area contributed by atoms with Crippen LogP contribution in [0.25, 0.3) is 0 Å². The van der Waals surface area contributed by atoms with Crippen LogP contribution in [-0.4, -0.2) is 11.0 Å². The van der Waals surface area contributed by atoms with E-state index in [2.05, 4.69) is 23.3 Å². The van der Waals surface area contributed by atoms with Gasteiger partial charge in [-0.3, -0.25) is 4.98 Å². The quantitative estimate of drug-likeness (QED) is 0.819. The minimum Gasteiger partial charge on any atom is -0.308 e. The zero-order valence-electron chi connectivity index (χ0n) is 9.45. The Morgan fingerprint density at radius 1 is 1.33 bits per heavy atom. The number of nitrogens with zero attached hydrogens (tertiary/aromatic N) is 1. The Labute approximate surface area is 92.1 Å². The molecule has 0 radical (unpaired) electrons. The van der Waals surface area contributed by atoms with Crippen LogP contribution < -0.4 is 5.32 Å². The van der Waals surface area contributed by atoms with Crippen molar-refractivity contribution < 1.29 is 0 Å². The van der Waals surface area contributed by atoms with E-state index in [0.717, 1.165) is 18.2 Å². The molecule has 2 nitrogen and oxygen atoms in total. The third-order valence-electron chi connectivity index (χ3n) is 3.38. The van der Waals surface area contributed by atoms with Gasteiger partial charge in [0, 0.05) is 18.8 Å². The van der Waals surface area contributed by atoms with Crippen molar-refractivity contribution in [3.8, 4) is 0 Å². The Hall–Kier alpha value is -0.890. The smallest absolute Gasteiger partial charge is 0.0541 e. The predicted octanol–water partition coefficient (Wildman–Crippen LogP) is 2.75.